The minimum Gasteiger partial charge on any atom is -0.354 e. The van der Waals surface area contributed by atoms with Gasteiger partial charge in [-0.25, -0.2) is 4.39 Å². The van der Waals surface area contributed by atoms with Crippen LogP contribution in [0.1, 0.15) is 10.4 Å². The number of hydrogen-bond donors (Lipinski definition) is 2. The van der Waals surface area contributed by atoms with Crippen LogP contribution in [0.4, 0.5) is 4.39 Å². The van der Waals surface area contributed by atoms with Gasteiger partial charge in [0.15, 0.2) is 0 Å². The Kier molecular flexibility index (Phi) is 6.09. The zero-order valence-electron chi connectivity index (χ0n) is 13.5. The lowest BCUT2D eigenvalue weighted by Crippen LogP contribution is -2.54. The van der Waals surface area contributed by atoms with E-state index in [-0.39, 0.29) is 22.9 Å². The molecule has 2 aromatic rings. The van der Waals surface area contributed by atoms with Crippen molar-refractivity contribution < 1.29 is 14.0 Å². The number of rotatable bonds is 6. The van der Waals surface area contributed by atoms with Crippen LogP contribution in [0.25, 0.3) is 0 Å². The van der Waals surface area contributed by atoms with Gasteiger partial charge >= 0.3 is 0 Å². The molecule has 0 saturated carbocycles. The number of hydrogen-bond acceptors (Lipinski definition) is 4. The normalized spacial score (nSPS) is 20.1. The second-order valence-electron chi connectivity index (χ2n) is 5.80. The monoisotopic (exact) mass is 378 g/mol. The second-order valence-corrected chi connectivity index (χ2v) is 8.07. The highest BCUT2D eigenvalue weighted by atomic mass is 32.2. The fourth-order valence-corrected chi connectivity index (χ4v) is 4.52. The van der Waals surface area contributed by atoms with E-state index in [1.807, 2.05) is 17.5 Å². The number of thiophene rings is 1. The molecule has 0 spiro atoms. The van der Waals surface area contributed by atoms with Gasteiger partial charge in [-0.3, -0.25) is 9.59 Å². The van der Waals surface area contributed by atoms with Gasteiger partial charge < -0.3 is 10.6 Å². The van der Waals surface area contributed by atoms with E-state index in [2.05, 4.69) is 10.6 Å². The molecule has 3 rings (SSSR count). The summed E-state index contributed by atoms with van der Waals surface area (Å²) in [5.74, 6) is -0.181. The minimum absolute atomic E-state index is 0.165. The first kappa shape index (κ1) is 17.9. The van der Waals surface area contributed by atoms with Crippen LogP contribution in [0.5, 0.6) is 0 Å². The fraction of sp³-hybridized carbons (Fsp3) is 0.333. The van der Waals surface area contributed by atoms with Crippen molar-refractivity contribution in [3.8, 4) is 0 Å². The van der Waals surface area contributed by atoms with Crippen molar-refractivity contribution in [1.82, 2.24) is 10.6 Å². The molecule has 1 fully saturated rings. The lowest BCUT2D eigenvalue weighted by molar-refractivity contribution is -0.128. The lowest BCUT2D eigenvalue weighted by Gasteiger charge is -2.28. The predicted molar refractivity (Wildman–Crippen MR) is 99.3 cm³/mol. The third-order valence-electron chi connectivity index (χ3n) is 4.00. The number of carbonyl (C=O) groups excluding carboxylic acids is 2. The summed E-state index contributed by atoms with van der Waals surface area (Å²) in [6.45, 7) is 0.551. The molecule has 0 bridgehead atoms. The van der Waals surface area contributed by atoms with Crippen LogP contribution in [0.2, 0.25) is 0 Å². The Morgan fingerprint density at radius 2 is 2.12 bits per heavy atom. The maximum absolute atomic E-state index is 13.7. The van der Waals surface area contributed by atoms with E-state index in [9.17, 15) is 14.0 Å². The summed E-state index contributed by atoms with van der Waals surface area (Å²) in [5, 5.41) is 7.26. The van der Waals surface area contributed by atoms with E-state index in [1.54, 1.807) is 29.5 Å². The van der Waals surface area contributed by atoms with Crippen LogP contribution in [0.3, 0.4) is 0 Å². The number of amides is 2. The van der Waals surface area contributed by atoms with Crippen LogP contribution in [0.15, 0.2) is 41.8 Å². The molecule has 1 aliphatic rings. The molecule has 2 atom stereocenters. The first-order valence-corrected chi connectivity index (χ1v) is 10.0. The van der Waals surface area contributed by atoms with Gasteiger partial charge in [0.25, 0.3) is 0 Å². The van der Waals surface area contributed by atoms with Crippen molar-refractivity contribution >= 4 is 34.9 Å². The Balaban J connectivity index is 1.47. The topological polar surface area (TPSA) is 58.2 Å². The first-order valence-electron chi connectivity index (χ1n) is 8.09. The second kappa shape index (κ2) is 8.49. The summed E-state index contributed by atoms with van der Waals surface area (Å²) in [5.41, 5.74) is 0.522. The van der Waals surface area contributed by atoms with E-state index < -0.39 is 6.04 Å². The van der Waals surface area contributed by atoms with Gasteiger partial charge in [0.2, 0.25) is 11.8 Å². The Labute approximate surface area is 154 Å². The fourth-order valence-electron chi connectivity index (χ4n) is 2.64. The van der Waals surface area contributed by atoms with E-state index in [4.69, 9.17) is 0 Å². The molecule has 2 amide bonds. The van der Waals surface area contributed by atoms with Gasteiger partial charge in [0.1, 0.15) is 11.9 Å². The number of halogens is 1. The van der Waals surface area contributed by atoms with Crippen molar-refractivity contribution in [2.24, 2.45) is 0 Å². The number of carbonyl (C=O) groups is 2. The number of benzene rings is 1. The third kappa shape index (κ3) is 4.83. The molecule has 7 heteroatoms. The standard InChI is InChI=1S/C18H19FN2O2S2/c19-14-6-2-1-4-12(14)10-16-18(23)21-15(11-25-16)17(22)20-8-7-13-5-3-9-24-13/h1-6,9,15-16H,7-8,10-11H2,(H,20,22)(H,21,23)/t15-,16+/m1/s1. The number of thioether (sulfide) groups is 1. The Hall–Kier alpha value is -1.86. The Morgan fingerprint density at radius 3 is 2.84 bits per heavy atom. The van der Waals surface area contributed by atoms with Gasteiger partial charge in [-0.15, -0.1) is 23.1 Å². The molecular weight excluding hydrogens is 359 g/mol. The number of nitrogens with one attached hydrogen (secondary N) is 2. The Morgan fingerprint density at radius 1 is 1.28 bits per heavy atom. The molecular formula is C18H19FN2O2S2. The molecule has 132 valence electrons. The lowest BCUT2D eigenvalue weighted by atomic mass is 10.1. The van der Waals surface area contributed by atoms with Crippen molar-refractivity contribution in [2.75, 3.05) is 12.3 Å². The highest BCUT2D eigenvalue weighted by molar-refractivity contribution is 8.00. The average Bonchev–Trinajstić information content (AvgIpc) is 3.12. The summed E-state index contributed by atoms with van der Waals surface area (Å²) < 4.78 is 13.7. The third-order valence-corrected chi connectivity index (χ3v) is 6.25. The first-order chi connectivity index (χ1) is 12.1. The van der Waals surface area contributed by atoms with Crippen LogP contribution >= 0.6 is 23.1 Å². The summed E-state index contributed by atoms with van der Waals surface area (Å²) in [4.78, 5) is 25.7. The van der Waals surface area contributed by atoms with Gasteiger partial charge in [-0.1, -0.05) is 24.3 Å². The molecule has 1 aromatic carbocycles. The summed E-state index contributed by atoms with van der Waals surface area (Å²) in [6.07, 6.45) is 1.11. The zero-order chi connectivity index (χ0) is 17.6. The molecule has 2 N–H and O–H groups in total. The highest BCUT2D eigenvalue weighted by Gasteiger charge is 2.32. The predicted octanol–water partition coefficient (Wildman–Crippen LogP) is 2.39. The highest BCUT2D eigenvalue weighted by Crippen LogP contribution is 2.23. The van der Waals surface area contributed by atoms with E-state index in [0.29, 0.717) is 24.3 Å². The maximum Gasteiger partial charge on any atom is 0.243 e. The van der Waals surface area contributed by atoms with Crippen LogP contribution in [-0.2, 0) is 22.4 Å². The maximum atomic E-state index is 13.7. The quantitative estimate of drug-likeness (QED) is 0.812. The largest absolute Gasteiger partial charge is 0.354 e. The van der Waals surface area contributed by atoms with E-state index >= 15 is 0 Å². The van der Waals surface area contributed by atoms with Gasteiger partial charge in [0.05, 0.1) is 5.25 Å². The molecule has 4 nitrogen and oxygen atoms in total. The van der Waals surface area contributed by atoms with Crippen molar-refractivity contribution in [1.29, 1.82) is 0 Å². The minimum atomic E-state index is -0.530. The summed E-state index contributed by atoms with van der Waals surface area (Å²) in [7, 11) is 0. The van der Waals surface area contributed by atoms with E-state index in [0.717, 1.165) is 6.42 Å². The van der Waals surface area contributed by atoms with Crippen LogP contribution in [-0.4, -0.2) is 35.4 Å². The van der Waals surface area contributed by atoms with Gasteiger partial charge in [0, 0.05) is 17.2 Å². The molecule has 0 aliphatic carbocycles. The molecule has 2 heterocycles. The summed E-state index contributed by atoms with van der Waals surface area (Å²) >= 11 is 3.06. The van der Waals surface area contributed by atoms with E-state index in [1.165, 1.54) is 22.7 Å². The molecule has 0 unspecified atom stereocenters. The smallest absolute Gasteiger partial charge is 0.243 e. The summed E-state index contributed by atoms with van der Waals surface area (Å²) in [6, 6.07) is 9.95. The average molecular weight is 378 g/mol. The molecule has 25 heavy (non-hydrogen) atoms. The molecule has 1 aromatic heterocycles. The van der Waals surface area contributed by atoms with Crippen LogP contribution < -0.4 is 10.6 Å². The zero-order valence-corrected chi connectivity index (χ0v) is 15.2. The van der Waals surface area contributed by atoms with Gasteiger partial charge in [-0.05, 0) is 35.9 Å². The Bertz CT molecular complexity index is 736. The van der Waals surface area contributed by atoms with Crippen molar-refractivity contribution in [3.63, 3.8) is 0 Å². The van der Waals surface area contributed by atoms with Crippen molar-refractivity contribution in [3.05, 3.63) is 58.0 Å². The van der Waals surface area contributed by atoms with Gasteiger partial charge in [-0.2, -0.15) is 0 Å². The van der Waals surface area contributed by atoms with Crippen molar-refractivity contribution in [2.45, 2.75) is 24.1 Å². The molecule has 1 aliphatic heterocycles. The SMILES string of the molecule is O=C1N[C@@H](C(=O)NCCc2cccs2)CS[C@H]1Cc1ccccc1F. The van der Waals surface area contributed by atoms with Crippen LogP contribution in [0, 0.1) is 5.82 Å². The molecule has 0 radical (unpaired) electrons. The molecule has 1 saturated heterocycles.